The molecule has 5 heteroatoms. The number of hydrogen-bond acceptors (Lipinski definition) is 4. The molecule has 0 aliphatic carbocycles. The first-order chi connectivity index (χ1) is 11.2. The normalized spacial score (nSPS) is 11.0. The van der Waals surface area contributed by atoms with Crippen LogP contribution < -0.4 is 0 Å². The van der Waals surface area contributed by atoms with Crippen LogP contribution in [0.5, 0.6) is 0 Å². The van der Waals surface area contributed by atoms with Gasteiger partial charge in [-0.3, -0.25) is 9.48 Å². The Morgan fingerprint density at radius 1 is 1.09 bits per heavy atom. The van der Waals surface area contributed by atoms with Crippen molar-refractivity contribution in [1.82, 2.24) is 14.8 Å². The molecular formula is C18H13N3O2. The summed E-state index contributed by atoms with van der Waals surface area (Å²) in [6, 6.07) is 11.2. The van der Waals surface area contributed by atoms with Gasteiger partial charge in [0.1, 0.15) is 18.1 Å². The molecule has 0 spiro atoms. The van der Waals surface area contributed by atoms with Crippen LogP contribution in [0.2, 0.25) is 0 Å². The van der Waals surface area contributed by atoms with Gasteiger partial charge >= 0.3 is 0 Å². The standard InChI is InChI=1S/C18H13N3O2/c1-21-9-14(8-19-21)16-6-7-17-18(20-16)15(11-23-17)13-4-2-12(10-22)3-5-13/h2-11H,1H3. The van der Waals surface area contributed by atoms with Gasteiger partial charge in [-0.25, -0.2) is 4.98 Å². The minimum Gasteiger partial charge on any atom is -0.462 e. The highest BCUT2D eigenvalue weighted by Gasteiger charge is 2.12. The van der Waals surface area contributed by atoms with Crippen molar-refractivity contribution >= 4 is 17.4 Å². The lowest BCUT2D eigenvalue weighted by atomic mass is 10.1. The van der Waals surface area contributed by atoms with Crippen LogP contribution in [0.15, 0.2) is 59.5 Å². The number of nitrogens with zero attached hydrogens (tertiary/aromatic N) is 3. The fourth-order valence-electron chi connectivity index (χ4n) is 2.57. The Bertz CT molecular complexity index is 997. The summed E-state index contributed by atoms with van der Waals surface area (Å²) < 4.78 is 7.35. The van der Waals surface area contributed by atoms with Crippen molar-refractivity contribution in [3.8, 4) is 22.4 Å². The molecule has 0 saturated carbocycles. The number of carbonyl (C=O) groups is 1. The van der Waals surface area contributed by atoms with Crippen LogP contribution in [0.25, 0.3) is 33.5 Å². The van der Waals surface area contributed by atoms with Gasteiger partial charge in [0, 0.05) is 29.9 Å². The Morgan fingerprint density at radius 3 is 2.61 bits per heavy atom. The molecule has 112 valence electrons. The number of aryl methyl sites for hydroxylation is 1. The van der Waals surface area contributed by atoms with Crippen molar-refractivity contribution < 1.29 is 9.21 Å². The second kappa shape index (κ2) is 5.21. The maximum absolute atomic E-state index is 10.8. The highest BCUT2D eigenvalue weighted by molar-refractivity contribution is 5.92. The van der Waals surface area contributed by atoms with E-state index in [4.69, 9.17) is 9.40 Å². The fraction of sp³-hybridized carbons (Fsp3) is 0.0556. The van der Waals surface area contributed by atoms with Gasteiger partial charge in [-0.15, -0.1) is 0 Å². The number of aldehydes is 1. The highest BCUT2D eigenvalue weighted by Crippen LogP contribution is 2.31. The van der Waals surface area contributed by atoms with Crippen LogP contribution in [0.3, 0.4) is 0 Å². The predicted molar refractivity (Wildman–Crippen MR) is 87.0 cm³/mol. The number of benzene rings is 1. The third kappa shape index (κ3) is 2.32. The van der Waals surface area contributed by atoms with E-state index >= 15 is 0 Å². The lowest BCUT2D eigenvalue weighted by Crippen LogP contribution is -1.86. The monoisotopic (exact) mass is 303 g/mol. The topological polar surface area (TPSA) is 60.9 Å². The van der Waals surface area contributed by atoms with E-state index in [9.17, 15) is 4.79 Å². The molecule has 0 radical (unpaired) electrons. The molecule has 0 bridgehead atoms. The maximum Gasteiger partial charge on any atom is 0.153 e. The van der Waals surface area contributed by atoms with Gasteiger partial charge in [-0.2, -0.15) is 5.10 Å². The molecule has 3 aromatic heterocycles. The van der Waals surface area contributed by atoms with Crippen LogP contribution in [0, 0.1) is 0 Å². The molecule has 5 nitrogen and oxygen atoms in total. The average Bonchev–Trinajstić information content (AvgIpc) is 3.20. The third-order valence-electron chi connectivity index (χ3n) is 3.78. The smallest absolute Gasteiger partial charge is 0.153 e. The lowest BCUT2D eigenvalue weighted by molar-refractivity contribution is 0.112. The lowest BCUT2D eigenvalue weighted by Gasteiger charge is -2.00. The van der Waals surface area contributed by atoms with E-state index in [0.717, 1.165) is 39.8 Å². The highest BCUT2D eigenvalue weighted by atomic mass is 16.3. The summed E-state index contributed by atoms with van der Waals surface area (Å²) in [5.41, 5.74) is 5.84. The van der Waals surface area contributed by atoms with E-state index < -0.39 is 0 Å². The molecule has 1 aromatic carbocycles. The quantitative estimate of drug-likeness (QED) is 0.541. The van der Waals surface area contributed by atoms with Crippen LogP contribution in [0.4, 0.5) is 0 Å². The molecule has 23 heavy (non-hydrogen) atoms. The number of fused-ring (bicyclic) bond motifs is 1. The number of furan rings is 1. The second-order valence-corrected chi connectivity index (χ2v) is 5.34. The Balaban J connectivity index is 1.85. The molecule has 0 saturated heterocycles. The summed E-state index contributed by atoms with van der Waals surface area (Å²) in [5.74, 6) is 0. The number of hydrogen-bond donors (Lipinski definition) is 0. The summed E-state index contributed by atoms with van der Waals surface area (Å²) >= 11 is 0. The molecule has 0 N–H and O–H groups in total. The summed E-state index contributed by atoms with van der Waals surface area (Å²) in [6.07, 6.45) is 6.23. The van der Waals surface area contributed by atoms with Crippen molar-refractivity contribution in [1.29, 1.82) is 0 Å². The zero-order valence-electron chi connectivity index (χ0n) is 12.4. The summed E-state index contributed by atoms with van der Waals surface area (Å²) in [4.78, 5) is 15.5. The average molecular weight is 303 g/mol. The van der Waals surface area contributed by atoms with Crippen molar-refractivity contribution in [2.45, 2.75) is 0 Å². The predicted octanol–water partition coefficient (Wildman–Crippen LogP) is 3.71. The molecule has 0 atom stereocenters. The zero-order chi connectivity index (χ0) is 15.8. The molecule has 0 aliphatic heterocycles. The van der Waals surface area contributed by atoms with Crippen LogP contribution in [0.1, 0.15) is 10.4 Å². The van der Waals surface area contributed by atoms with E-state index in [-0.39, 0.29) is 0 Å². The molecule has 4 rings (SSSR count). The largest absolute Gasteiger partial charge is 0.462 e. The second-order valence-electron chi connectivity index (χ2n) is 5.34. The first kappa shape index (κ1) is 13.5. The van der Waals surface area contributed by atoms with Crippen LogP contribution >= 0.6 is 0 Å². The van der Waals surface area contributed by atoms with Gasteiger partial charge in [-0.1, -0.05) is 24.3 Å². The molecule has 0 unspecified atom stereocenters. The van der Waals surface area contributed by atoms with Gasteiger partial charge < -0.3 is 4.42 Å². The Hall–Kier alpha value is -3.21. The first-order valence-corrected chi connectivity index (χ1v) is 7.17. The molecule has 3 heterocycles. The van der Waals surface area contributed by atoms with Gasteiger partial charge in [0.25, 0.3) is 0 Å². The summed E-state index contributed by atoms with van der Waals surface area (Å²) in [6.45, 7) is 0. The van der Waals surface area contributed by atoms with Crippen LogP contribution in [-0.4, -0.2) is 21.1 Å². The minimum absolute atomic E-state index is 0.644. The summed E-state index contributed by atoms with van der Waals surface area (Å²) in [5, 5.41) is 4.18. The third-order valence-corrected chi connectivity index (χ3v) is 3.78. The van der Waals surface area contributed by atoms with Crippen molar-refractivity contribution in [2.24, 2.45) is 7.05 Å². The van der Waals surface area contributed by atoms with Gasteiger partial charge in [0.15, 0.2) is 5.58 Å². The molecular weight excluding hydrogens is 290 g/mol. The number of aromatic nitrogens is 3. The Labute approximate surface area is 132 Å². The first-order valence-electron chi connectivity index (χ1n) is 7.17. The van der Waals surface area contributed by atoms with Gasteiger partial charge in [0.2, 0.25) is 0 Å². The van der Waals surface area contributed by atoms with Gasteiger partial charge in [0.05, 0.1) is 11.9 Å². The minimum atomic E-state index is 0.644. The maximum atomic E-state index is 10.8. The van der Waals surface area contributed by atoms with Crippen molar-refractivity contribution in [3.63, 3.8) is 0 Å². The zero-order valence-corrected chi connectivity index (χ0v) is 12.4. The Morgan fingerprint density at radius 2 is 1.91 bits per heavy atom. The Kier molecular flexibility index (Phi) is 3.05. The van der Waals surface area contributed by atoms with E-state index in [1.165, 1.54) is 0 Å². The molecule has 0 aliphatic rings. The van der Waals surface area contributed by atoms with E-state index in [1.807, 2.05) is 37.5 Å². The SMILES string of the molecule is Cn1cc(-c2ccc3occ(-c4ccc(C=O)cc4)c3n2)cn1. The van der Waals surface area contributed by atoms with Gasteiger partial charge in [-0.05, 0) is 17.7 Å². The number of carbonyl (C=O) groups excluding carboxylic acids is 1. The number of rotatable bonds is 3. The van der Waals surface area contributed by atoms with Crippen molar-refractivity contribution in [2.75, 3.05) is 0 Å². The van der Waals surface area contributed by atoms with E-state index in [1.54, 1.807) is 29.3 Å². The summed E-state index contributed by atoms with van der Waals surface area (Å²) in [7, 11) is 1.87. The molecule has 0 amide bonds. The molecule has 4 aromatic rings. The fourth-order valence-corrected chi connectivity index (χ4v) is 2.57. The van der Waals surface area contributed by atoms with E-state index in [0.29, 0.717) is 5.56 Å². The van der Waals surface area contributed by atoms with Crippen molar-refractivity contribution in [3.05, 3.63) is 60.6 Å². The molecule has 0 fully saturated rings. The van der Waals surface area contributed by atoms with E-state index in [2.05, 4.69) is 5.10 Å². The number of pyridine rings is 1. The van der Waals surface area contributed by atoms with Crippen LogP contribution in [-0.2, 0) is 7.05 Å².